The lowest BCUT2D eigenvalue weighted by Crippen LogP contribution is -2.05. The molecule has 1 aromatic rings. The minimum atomic E-state index is 0.237. The Morgan fingerprint density at radius 2 is 2.14 bits per heavy atom. The molecule has 0 amide bonds. The van der Waals surface area contributed by atoms with Gasteiger partial charge < -0.3 is 0 Å². The molecule has 1 nitrogen and oxygen atoms in total. The van der Waals surface area contributed by atoms with Crippen molar-refractivity contribution in [1.82, 2.24) is 0 Å². The van der Waals surface area contributed by atoms with Crippen LogP contribution in [0.5, 0.6) is 0 Å². The van der Waals surface area contributed by atoms with Crippen molar-refractivity contribution in [2.45, 2.75) is 26.7 Å². The molecule has 0 aromatic heterocycles. The molecule has 14 heavy (non-hydrogen) atoms. The summed E-state index contributed by atoms with van der Waals surface area (Å²) in [4.78, 5) is 11.3. The summed E-state index contributed by atoms with van der Waals surface area (Å²) in [5.74, 6) is 0.237. The molecule has 0 heterocycles. The van der Waals surface area contributed by atoms with Gasteiger partial charge in [-0.3, -0.25) is 4.79 Å². The summed E-state index contributed by atoms with van der Waals surface area (Å²) in [6.07, 6.45) is 1.57. The smallest absolute Gasteiger partial charge is 0.147 e. The number of aryl methyl sites for hydroxylation is 2. The Balaban J connectivity index is 2.89. The SMILES string of the molecule is CCc1ccc(C)c(CC(=O)CBr)c1. The van der Waals surface area contributed by atoms with Crippen molar-refractivity contribution < 1.29 is 4.79 Å². The van der Waals surface area contributed by atoms with Gasteiger partial charge in [-0.05, 0) is 30.0 Å². The molecule has 1 rings (SSSR count). The fourth-order valence-electron chi connectivity index (χ4n) is 1.39. The van der Waals surface area contributed by atoms with Gasteiger partial charge in [0.05, 0.1) is 5.33 Å². The Morgan fingerprint density at radius 1 is 1.43 bits per heavy atom. The molecular weight excluding hydrogens is 240 g/mol. The first kappa shape index (κ1) is 11.4. The van der Waals surface area contributed by atoms with Gasteiger partial charge in [0, 0.05) is 6.42 Å². The number of alkyl halides is 1. The normalized spacial score (nSPS) is 10.2. The topological polar surface area (TPSA) is 17.1 Å². The van der Waals surface area contributed by atoms with Gasteiger partial charge in [0.25, 0.3) is 0 Å². The first-order valence-corrected chi connectivity index (χ1v) is 5.95. The largest absolute Gasteiger partial charge is 0.298 e. The van der Waals surface area contributed by atoms with Gasteiger partial charge in [0.1, 0.15) is 5.78 Å². The molecule has 0 bridgehead atoms. The summed E-state index contributed by atoms with van der Waals surface area (Å²) in [5.41, 5.74) is 3.67. The van der Waals surface area contributed by atoms with Gasteiger partial charge in [-0.25, -0.2) is 0 Å². The summed E-state index contributed by atoms with van der Waals surface area (Å²) in [6.45, 7) is 4.18. The van der Waals surface area contributed by atoms with Crippen LogP contribution in [-0.4, -0.2) is 11.1 Å². The van der Waals surface area contributed by atoms with E-state index in [0.717, 1.165) is 12.0 Å². The maximum atomic E-state index is 11.3. The predicted octanol–water partition coefficient (Wildman–Crippen LogP) is 3.06. The Morgan fingerprint density at radius 3 is 2.71 bits per heavy atom. The third-order valence-electron chi connectivity index (χ3n) is 2.36. The highest BCUT2D eigenvalue weighted by molar-refractivity contribution is 9.09. The van der Waals surface area contributed by atoms with Crippen molar-refractivity contribution in [3.8, 4) is 0 Å². The molecule has 0 fully saturated rings. The molecule has 0 atom stereocenters. The highest BCUT2D eigenvalue weighted by Crippen LogP contribution is 2.13. The summed E-state index contributed by atoms with van der Waals surface area (Å²) < 4.78 is 0. The second kappa shape index (κ2) is 5.30. The number of carbonyl (C=O) groups is 1. The minimum absolute atomic E-state index is 0.237. The fraction of sp³-hybridized carbons (Fsp3) is 0.417. The number of hydrogen-bond donors (Lipinski definition) is 0. The zero-order valence-corrected chi connectivity index (χ0v) is 10.2. The van der Waals surface area contributed by atoms with Gasteiger partial charge in [0.15, 0.2) is 0 Å². The van der Waals surface area contributed by atoms with Crippen LogP contribution in [0, 0.1) is 6.92 Å². The number of ketones is 1. The first-order valence-electron chi connectivity index (χ1n) is 4.83. The van der Waals surface area contributed by atoms with Crippen LogP contribution in [0.15, 0.2) is 18.2 Å². The van der Waals surface area contributed by atoms with E-state index in [2.05, 4.69) is 48.0 Å². The van der Waals surface area contributed by atoms with Crippen LogP contribution in [-0.2, 0) is 17.6 Å². The van der Waals surface area contributed by atoms with E-state index in [0.29, 0.717) is 11.8 Å². The molecule has 0 aliphatic rings. The van der Waals surface area contributed by atoms with Crippen LogP contribution in [0.1, 0.15) is 23.6 Å². The lowest BCUT2D eigenvalue weighted by atomic mass is 10.00. The van der Waals surface area contributed by atoms with E-state index in [1.165, 1.54) is 11.1 Å². The molecular formula is C12H15BrO. The van der Waals surface area contributed by atoms with Crippen LogP contribution in [0.3, 0.4) is 0 Å². The van der Waals surface area contributed by atoms with Crippen LogP contribution in [0.25, 0.3) is 0 Å². The highest BCUT2D eigenvalue weighted by atomic mass is 79.9. The lowest BCUT2D eigenvalue weighted by Gasteiger charge is -2.06. The summed E-state index contributed by atoms with van der Waals surface area (Å²) in [5, 5.41) is 0.447. The van der Waals surface area contributed by atoms with Crippen molar-refractivity contribution >= 4 is 21.7 Å². The molecule has 0 saturated carbocycles. The number of benzene rings is 1. The second-order valence-electron chi connectivity index (χ2n) is 3.46. The van der Waals surface area contributed by atoms with Crippen LogP contribution in [0.4, 0.5) is 0 Å². The zero-order chi connectivity index (χ0) is 10.6. The maximum Gasteiger partial charge on any atom is 0.147 e. The molecule has 0 saturated heterocycles. The summed E-state index contributed by atoms with van der Waals surface area (Å²) >= 11 is 3.18. The molecule has 0 unspecified atom stereocenters. The standard InChI is InChI=1S/C12H15BrO/c1-3-10-5-4-9(2)11(6-10)7-12(14)8-13/h4-6H,3,7-8H2,1-2H3. The zero-order valence-electron chi connectivity index (χ0n) is 8.64. The Labute approximate surface area is 93.7 Å². The maximum absolute atomic E-state index is 11.3. The number of halogens is 1. The molecule has 1 aromatic carbocycles. The summed E-state index contributed by atoms with van der Waals surface area (Å²) in [6, 6.07) is 6.35. The number of carbonyl (C=O) groups excluding carboxylic acids is 1. The molecule has 0 radical (unpaired) electrons. The summed E-state index contributed by atoms with van der Waals surface area (Å²) in [7, 11) is 0. The van der Waals surface area contributed by atoms with E-state index in [-0.39, 0.29) is 5.78 Å². The van der Waals surface area contributed by atoms with E-state index in [4.69, 9.17) is 0 Å². The quantitative estimate of drug-likeness (QED) is 0.756. The van der Waals surface area contributed by atoms with Gasteiger partial charge in [-0.2, -0.15) is 0 Å². The fourth-order valence-corrected chi connectivity index (χ4v) is 1.59. The van der Waals surface area contributed by atoms with Gasteiger partial charge in [0.2, 0.25) is 0 Å². The average Bonchev–Trinajstić information content (AvgIpc) is 2.21. The van der Waals surface area contributed by atoms with Crippen LogP contribution < -0.4 is 0 Å². The van der Waals surface area contributed by atoms with Crippen LogP contribution in [0.2, 0.25) is 0 Å². The Kier molecular flexibility index (Phi) is 4.33. The van der Waals surface area contributed by atoms with Crippen molar-refractivity contribution in [2.24, 2.45) is 0 Å². The van der Waals surface area contributed by atoms with Crippen LogP contribution >= 0.6 is 15.9 Å². The third kappa shape index (κ3) is 2.95. The second-order valence-corrected chi connectivity index (χ2v) is 4.02. The molecule has 0 aliphatic heterocycles. The van der Waals surface area contributed by atoms with Crippen molar-refractivity contribution in [3.05, 3.63) is 34.9 Å². The third-order valence-corrected chi connectivity index (χ3v) is 2.98. The van der Waals surface area contributed by atoms with Crippen molar-refractivity contribution in [1.29, 1.82) is 0 Å². The number of hydrogen-bond acceptors (Lipinski definition) is 1. The van der Waals surface area contributed by atoms with Gasteiger partial charge >= 0.3 is 0 Å². The monoisotopic (exact) mass is 254 g/mol. The van der Waals surface area contributed by atoms with E-state index in [9.17, 15) is 4.79 Å². The average molecular weight is 255 g/mol. The molecule has 0 spiro atoms. The van der Waals surface area contributed by atoms with E-state index in [1.54, 1.807) is 0 Å². The molecule has 0 N–H and O–H groups in total. The number of rotatable bonds is 4. The van der Waals surface area contributed by atoms with Gasteiger partial charge in [-0.15, -0.1) is 0 Å². The van der Waals surface area contributed by atoms with E-state index >= 15 is 0 Å². The lowest BCUT2D eigenvalue weighted by molar-refractivity contribution is -0.115. The Hall–Kier alpha value is -0.630. The Bertz CT molecular complexity index is 331. The molecule has 76 valence electrons. The predicted molar refractivity (Wildman–Crippen MR) is 63.1 cm³/mol. The molecule has 2 heteroatoms. The van der Waals surface area contributed by atoms with Crippen molar-refractivity contribution in [3.63, 3.8) is 0 Å². The highest BCUT2D eigenvalue weighted by Gasteiger charge is 2.05. The van der Waals surface area contributed by atoms with E-state index in [1.807, 2.05) is 0 Å². The number of Topliss-reactive ketones (excluding diaryl/α,β-unsaturated/α-hetero) is 1. The van der Waals surface area contributed by atoms with Crippen molar-refractivity contribution in [2.75, 3.05) is 5.33 Å². The molecule has 0 aliphatic carbocycles. The minimum Gasteiger partial charge on any atom is -0.298 e. The first-order chi connectivity index (χ1) is 6.67. The van der Waals surface area contributed by atoms with E-state index < -0.39 is 0 Å². The van der Waals surface area contributed by atoms with Gasteiger partial charge in [-0.1, -0.05) is 41.1 Å².